The van der Waals surface area contributed by atoms with E-state index < -0.39 is 0 Å². The van der Waals surface area contributed by atoms with Gasteiger partial charge in [-0.25, -0.2) is 9.59 Å². The second kappa shape index (κ2) is 6.61. The van der Waals surface area contributed by atoms with Crippen molar-refractivity contribution in [2.45, 2.75) is 13.3 Å². The zero-order valence-corrected chi connectivity index (χ0v) is 9.06. The zero-order valence-electron chi connectivity index (χ0n) is 9.06. The van der Waals surface area contributed by atoms with Gasteiger partial charge in [0.1, 0.15) is 0 Å². The number of ether oxygens (including phenoxy) is 2. The highest BCUT2D eigenvalue weighted by atomic mass is 16.5. The maximum atomic E-state index is 11.6. The Morgan fingerprint density at radius 2 is 2.12 bits per heavy atom. The molecule has 0 saturated heterocycles. The molecule has 0 aliphatic rings. The lowest BCUT2D eigenvalue weighted by Crippen LogP contribution is -2.09. The Labute approximate surface area is 94.2 Å². The molecule has 0 unspecified atom stereocenters. The van der Waals surface area contributed by atoms with Crippen LogP contribution in [0.25, 0.3) is 0 Å². The smallest absolute Gasteiger partial charge is 0.417 e. The average Bonchev–Trinajstić information content (AvgIpc) is 2.30. The molecule has 0 saturated carbocycles. The first kappa shape index (κ1) is 12.2. The molecule has 1 aromatic carbocycles. The molecule has 16 heavy (non-hydrogen) atoms. The highest BCUT2D eigenvalue weighted by Crippen LogP contribution is 2.11. The van der Waals surface area contributed by atoms with Crippen molar-refractivity contribution < 1.29 is 19.1 Å². The molecule has 1 rings (SSSR count). The van der Waals surface area contributed by atoms with Crippen LogP contribution < -0.4 is 0 Å². The summed E-state index contributed by atoms with van der Waals surface area (Å²) < 4.78 is 9.39. The molecular weight excluding hydrogens is 208 g/mol. The summed E-state index contributed by atoms with van der Waals surface area (Å²) in [4.78, 5) is 21.4. The van der Waals surface area contributed by atoms with Crippen molar-refractivity contribution in [1.29, 1.82) is 0 Å². The Bertz CT molecular complexity index is 360. The number of benzene rings is 1. The summed E-state index contributed by atoms with van der Waals surface area (Å²) in [5.74, 6) is -0.354. The molecule has 0 amide bonds. The van der Waals surface area contributed by atoms with Gasteiger partial charge in [-0.2, -0.15) is 0 Å². The molecule has 0 aromatic heterocycles. The summed E-state index contributed by atoms with van der Waals surface area (Å²) in [7, 11) is 0. The largest absolute Gasteiger partial charge is 0.462 e. The van der Waals surface area contributed by atoms with Crippen molar-refractivity contribution >= 4 is 12.4 Å². The third-order valence-corrected chi connectivity index (χ3v) is 2.05. The third-order valence-electron chi connectivity index (χ3n) is 2.05. The predicted octanol–water partition coefficient (Wildman–Crippen LogP) is 1.49. The van der Waals surface area contributed by atoms with E-state index in [1.807, 2.05) is 6.07 Å². The molecule has 0 aliphatic carbocycles. The van der Waals surface area contributed by atoms with E-state index in [1.54, 1.807) is 25.1 Å². The van der Waals surface area contributed by atoms with E-state index in [0.29, 0.717) is 18.6 Å². The fraction of sp³-hybridized carbons (Fsp3) is 0.333. The van der Waals surface area contributed by atoms with Gasteiger partial charge in [0.25, 0.3) is 0 Å². The van der Waals surface area contributed by atoms with Crippen molar-refractivity contribution in [3.05, 3.63) is 35.4 Å². The molecule has 0 heterocycles. The molecule has 4 heteroatoms. The summed E-state index contributed by atoms with van der Waals surface area (Å²) in [6.07, 6.45) is 0.476. The van der Waals surface area contributed by atoms with Crippen LogP contribution in [-0.2, 0) is 20.7 Å². The topological polar surface area (TPSA) is 52.6 Å². The van der Waals surface area contributed by atoms with Crippen LogP contribution in [0, 0.1) is 0 Å². The lowest BCUT2D eigenvalue weighted by atomic mass is 10.1. The molecule has 0 fully saturated rings. The van der Waals surface area contributed by atoms with Crippen LogP contribution in [0.4, 0.5) is 0 Å². The normalized spacial score (nSPS) is 9.56. The van der Waals surface area contributed by atoms with Crippen LogP contribution in [0.15, 0.2) is 24.3 Å². The van der Waals surface area contributed by atoms with Gasteiger partial charge in [-0.3, -0.25) is 0 Å². The average molecular weight is 221 g/mol. The van der Waals surface area contributed by atoms with Gasteiger partial charge in [0.05, 0.1) is 18.8 Å². The Balaban J connectivity index is 2.74. The third kappa shape index (κ3) is 3.38. The monoisotopic (exact) mass is 221 g/mol. The SMILES string of the molecule is CCOC(=O)c1ccccc1CCO[C]=O. The number of rotatable bonds is 6. The van der Waals surface area contributed by atoms with Gasteiger partial charge in [0.15, 0.2) is 0 Å². The van der Waals surface area contributed by atoms with E-state index in [1.165, 1.54) is 6.47 Å². The van der Waals surface area contributed by atoms with Crippen LogP contribution in [0.1, 0.15) is 22.8 Å². The molecule has 0 bridgehead atoms. The maximum absolute atomic E-state index is 11.6. The lowest BCUT2D eigenvalue weighted by molar-refractivity contribution is 0.0525. The van der Waals surface area contributed by atoms with Gasteiger partial charge in [-0.05, 0) is 18.6 Å². The highest BCUT2D eigenvalue weighted by molar-refractivity contribution is 5.91. The van der Waals surface area contributed by atoms with E-state index in [2.05, 4.69) is 4.74 Å². The Hall–Kier alpha value is -1.84. The van der Waals surface area contributed by atoms with Crippen molar-refractivity contribution in [3.8, 4) is 0 Å². The van der Waals surface area contributed by atoms with Crippen LogP contribution in [0.5, 0.6) is 0 Å². The molecule has 0 aliphatic heterocycles. The number of hydrogen-bond donors (Lipinski definition) is 0. The maximum Gasteiger partial charge on any atom is 0.417 e. The summed E-state index contributed by atoms with van der Waals surface area (Å²) in [5.41, 5.74) is 1.31. The van der Waals surface area contributed by atoms with Gasteiger partial charge >= 0.3 is 12.4 Å². The molecule has 85 valence electrons. The standard InChI is InChI=1S/C12H13O4/c1-2-16-12(14)11-6-4-3-5-10(11)7-8-15-9-13/h3-6H,2,7-8H2,1H3. The van der Waals surface area contributed by atoms with Gasteiger partial charge in [-0.1, -0.05) is 18.2 Å². The molecule has 1 radical (unpaired) electrons. The first-order valence-electron chi connectivity index (χ1n) is 5.03. The fourth-order valence-electron chi connectivity index (χ4n) is 1.35. The van der Waals surface area contributed by atoms with Crippen molar-refractivity contribution in [2.24, 2.45) is 0 Å². The number of carbonyl (C=O) groups is 1. The van der Waals surface area contributed by atoms with E-state index in [0.717, 1.165) is 5.56 Å². The van der Waals surface area contributed by atoms with Crippen LogP contribution in [-0.4, -0.2) is 25.7 Å². The summed E-state index contributed by atoms with van der Waals surface area (Å²) >= 11 is 0. The molecule has 0 atom stereocenters. The Morgan fingerprint density at radius 1 is 1.38 bits per heavy atom. The minimum Gasteiger partial charge on any atom is -0.462 e. The predicted molar refractivity (Wildman–Crippen MR) is 57.7 cm³/mol. The molecule has 4 nitrogen and oxygen atoms in total. The molecule has 1 aromatic rings. The summed E-state index contributed by atoms with van der Waals surface area (Å²) in [5, 5.41) is 0. The van der Waals surface area contributed by atoms with Crippen molar-refractivity contribution in [2.75, 3.05) is 13.2 Å². The minimum absolute atomic E-state index is 0.208. The fourth-order valence-corrected chi connectivity index (χ4v) is 1.35. The van der Waals surface area contributed by atoms with Crippen LogP contribution in [0.3, 0.4) is 0 Å². The van der Waals surface area contributed by atoms with E-state index >= 15 is 0 Å². The van der Waals surface area contributed by atoms with Crippen molar-refractivity contribution in [3.63, 3.8) is 0 Å². The molecular formula is C12H13O4. The van der Waals surface area contributed by atoms with Gasteiger partial charge in [-0.15, -0.1) is 0 Å². The number of carbonyl (C=O) groups excluding carboxylic acids is 2. The minimum atomic E-state index is -0.354. The van der Waals surface area contributed by atoms with E-state index in [9.17, 15) is 9.59 Å². The Kier molecular flexibility index (Phi) is 5.05. The zero-order chi connectivity index (χ0) is 11.8. The quantitative estimate of drug-likeness (QED) is 0.539. The van der Waals surface area contributed by atoms with Gasteiger partial charge in [0, 0.05) is 6.42 Å². The van der Waals surface area contributed by atoms with E-state index in [4.69, 9.17) is 4.74 Å². The number of esters is 1. The van der Waals surface area contributed by atoms with Gasteiger partial charge in [0.2, 0.25) is 0 Å². The van der Waals surface area contributed by atoms with Crippen LogP contribution >= 0.6 is 0 Å². The van der Waals surface area contributed by atoms with E-state index in [-0.39, 0.29) is 12.6 Å². The highest BCUT2D eigenvalue weighted by Gasteiger charge is 2.11. The van der Waals surface area contributed by atoms with Crippen LogP contribution in [0.2, 0.25) is 0 Å². The summed E-state index contributed by atoms with van der Waals surface area (Å²) in [6, 6.07) is 7.09. The van der Waals surface area contributed by atoms with Crippen molar-refractivity contribution in [1.82, 2.24) is 0 Å². The number of hydrogen-bond acceptors (Lipinski definition) is 4. The first-order valence-corrected chi connectivity index (χ1v) is 5.03. The summed E-state index contributed by atoms with van der Waals surface area (Å²) in [6.45, 7) is 3.65. The Morgan fingerprint density at radius 3 is 2.81 bits per heavy atom. The van der Waals surface area contributed by atoms with Gasteiger partial charge < -0.3 is 9.47 Å². The second-order valence-corrected chi connectivity index (χ2v) is 3.06. The second-order valence-electron chi connectivity index (χ2n) is 3.06. The molecule has 0 N–H and O–H groups in total. The lowest BCUT2D eigenvalue weighted by Gasteiger charge is -2.07. The molecule has 0 spiro atoms. The first-order chi connectivity index (χ1) is 7.79.